The van der Waals surface area contributed by atoms with Gasteiger partial charge in [0, 0.05) is 12.1 Å². The second kappa shape index (κ2) is 9.28. The van der Waals surface area contributed by atoms with Crippen molar-refractivity contribution in [3.05, 3.63) is 59.9 Å². The Balaban J connectivity index is 1.71. The molecule has 0 aliphatic carbocycles. The van der Waals surface area contributed by atoms with Gasteiger partial charge in [0.25, 0.3) is 10.0 Å². The van der Waals surface area contributed by atoms with Gasteiger partial charge in [-0.1, -0.05) is 0 Å². The van der Waals surface area contributed by atoms with E-state index in [1.807, 2.05) is 0 Å². The zero-order chi connectivity index (χ0) is 25.4. The summed E-state index contributed by atoms with van der Waals surface area (Å²) < 4.78 is 70.5. The van der Waals surface area contributed by atoms with Gasteiger partial charge in [-0.15, -0.1) is 0 Å². The lowest BCUT2D eigenvalue weighted by molar-refractivity contribution is -0.00180. The number of nitrogens with zero attached hydrogens (tertiary/aromatic N) is 2. The van der Waals surface area contributed by atoms with Crippen LogP contribution in [0.3, 0.4) is 0 Å². The first kappa shape index (κ1) is 24.6. The van der Waals surface area contributed by atoms with Gasteiger partial charge >= 0.3 is 6.16 Å². The van der Waals surface area contributed by atoms with Crippen LogP contribution < -0.4 is 14.8 Å². The van der Waals surface area contributed by atoms with Crippen LogP contribution >= 0.6 is 0 Å². The highest BCUT2D eigenvalue weighted by molar-refractivity contribution is 7.89. The average Bonchev–Trinajstić information content (AvgIpc) is 3.27. The monoisotopic (exact) mass is 525 g/mol. The number of hydrogen-bond acceptors (Lipinski definition) is 9. The number of methoxy groups -OCH3 is 2. The van der Waals surface area contributed by atoms with E-state index in [9.17, 15) is 26.7 Å². The third-order valence-corrected chi connectivity index (χ3v) is 9.29. The molecule has 2 aliphatic heterocycles. The Morgan fingerprint density at radius 1 is 0.914 bits per heavy atom. The van der Waals surface area contributed by atoms with E-state index >= 15 is 0 Å². The number of carbonyl (C=O) groups is 1. The highest BCUT2D eigenvalue weighted by Gasteiger charge is 2.45. The van der Waals surface area contributed by atoms with E-state index < -0.39 is 39.0 Å². The van der Waals surface area contributed by atoms with E-state index in [4.69, 9.17) is 14.2 Å². The predicted octanol–water partition coefficient (Wildman–Crippen LogP) is 1.58. The van der Waals surface area contributed by atoms with Crippen LogP contribution in [0.4, 0.5) is 4.79 Å². The minimum absolute atomic E-state index is 0.0117. The molecule has 4 rings (SSSR count). The minimum Gasteiger partial charge on any atom is -0.497 e. The van der Waals surface area contributed by atoms with Crippen LogP contribution in [-0.2, 0) is 24.8 Å². The molecule has 35 heavy (non-hydrogen) atoms. The highest BCUT2D eigenvalue weighted by atomic mass is 32.2. The van der Waals surface area contributed by atoms with Gasteiger partial charge in [-0.2, -0.15) is 4.31 Å². The van der Waals surface area contributed by atoms with Crippen LogP contribution in [-0.4, -0.2) is 70.4 Å². The van der Waals surface area contributed by atoms with Crippen LogP contribution in [0.2, 0.25) is 0 Å². The predicted molar refractivity (Wildman–Crippen MR) is 121 cm³/mol. The maximum Gasteiger partial charge on any atom is 0.507 e. The molecular weight excluding hydrogens is 502 g/mol. The molecule has 0 aromatic heterocycles. The first-order valence-corrected chi connectivity index (χ1v) is 13.1. The average molecular weight is 526 g/mol. The van der Waals surface area contributed by atoms with Gasteiger partial charge in [0.2, 0.25) is 10.0 Å². The lowest BCUT2D eigenvalue weighted by Gasteiger charge is -2.35. The van der Waals surface area contributed by atoms with Crippen LogP contribution in [0.1, 0.15) is 6.42 Å². The summed E-state index contributed by atoms with van der Waals surface area (Å²) >= 11 is 0. The Hall–Kier alpha value is -3.49. The lowest BCUT2D eigenvalue weighted by atomic mass is 10.2. The normalized spacial score (nSPS) is 18.6. The van der Waals surface area contributed by atoms with Gasteiger partial charge in [0.15, 0.2) is 6.23 Å². The molecule has 0 radical (unpaired) electrons. The fraction of sp³-hybridized carbons (Fsp3) is 0.286. The molecule has 0 saturated carbocycles. The number of ether oxygens (including phenoxy) is 3. The smallest absolute Gasteiger partial charge is 0.497 e. The molecule has 1 atom stereocenters. The Kier molecular flexibility index (Phi) is 6.53. The second-order valence-corrected chi connectivity index (χ2v) is 11.3. The summed E-state index contributed by atoms with van der Waals surface area (Å²) in [7, 11) is -5.44. The van der Waals surface area contributed by atoms with Gasteiger partial charge in [-0.25, -0.2) is 25.9 Å². The fourth-order valence-electron chi connectivity index (χ4n) is 3.85. The van der Waals surface area contributed by atoms with Crippen LogP contribution in [0.15, 0.2) is 69.7 Å². The van der Waals surface area contributed by atoms with E-state index in [2.05, 4.69) is 5.32 Å². The SMILES string of the molecule is COc1ccc(S(=O)(=O)N2CNC3=C2CN(S(=O)(=O)c2ccc(OC)cc2)[C@H](OC(=O)O)C3)cc1. The van der Waals surface area contributed by atoms with Crippen molar-refractivity contribution in [1.82, 2.24) is 13.9 Å². The highest BCUT2D eigenvalue weighted by Crippen LogP contribution is 2.35. The van der Waals surface area contributed by atoms with Crippen molar-refractivity contribution in [2.45, 2.75) is 22.4 Å². The number of rotatable bonds is 7. The summed E-state index contributed by atoms with van der Waals surface area (Å²) in [6, 6.07) is 11.3. The lowest BCUT2D eigenvalue weighted by Crippen LogP contribution is -2.48. The molecule has 0 fully saturated rings. The summed E-state index contributed by atoms with van der Waals surface area (Å²) in [5.41, 5.74) is 0.567. The topological polar surface area (TPSA) is 152 Å². The molecule has 0 amide bonds. The Morgan fingerprint density at radius 3 is 1.91 bits per heavy atom. The van der Waals surface area contributed by atoms with Crippen molar-refractivity contribution in [3.8, 4) is 11.5 Å². The Bertz CT molecular complexity index is 1360. The Labute approximate surface area is 202 Å². The first-order chi connectivity index (χ1) is 16.6. The summed E-state index contributed by atoms with van der Waals surface area (Å²) in [5, 5.41) is 12.1. The fourth-order valence-corrected chi connectivity index (χ4v) is 6.75. The quantitative estimate of drug-likeness (QED) is 0.510. The van der Waals surface area contributed by atoms with E-state index in [1.165, 1.54) is 62.8 Å². The zero-order valence-electron chi connectivity index (χ0n) is 18.7. The van der Waals surface area contributed by atoms with Gasteiger partial charge in [-0.05, 0) is 48.5 Å². The molecule has 2 N–H and O–H groups in total. The third kappa shape index (κ3) is 4.59. The van der Waals surface area contributed by atoms with Crippen LogP contribution in [0.5, 0.6) is 11.5 Å². The van der Waals surface area contributed by atoms with Gasteiger partial charge < -0.3 is 24.6 Å². The molecule has 2 heterocycles. The van der Waals surface area contributed by atoms with Crippen molar-refractivity contribution < 1.29 is 40.9 Å². The van der Waals surface area contributed by atoms with E-state index in [-0.39, 0.29) is 28.6 Å². The van der Waals surface area contributed by atoms with Crippen molar-refractivity contribution >= 4 is 26.2 Å². The molecule has 14 heteroatoms. The van der Waals surface area contributed by atoms with Gasteiger partial charge in [-0.3, -0.25) is 0 Å². The van der Waals surface area contributed by atoms with Crippen molar-refractivity contribution in [3.63, 3.8) is 0 Å². The third-order valence-electron chi connectivity index (χ3n) is 5.64. The number of benzene rings is 2. The van der Waals surface area contributed by atoms with Crippen molar-refractivity contribution in [2.75, 3.05) is 27.4 Å². The zero-order valence-corrected chi connectivity index (χ0v) is 20.4. The van der Waals surface area contributed by atoms with Gasteiger partial charge in [0.05, 0.1) is 36.3 Å². The van der Waals surface area contributed by atoms with E-state index in [0.29, 0.717) is 17.2 Å². The number of nitrogens with one attached hydrogen (secondary N) is 1. The molecule has 2 aromatic rings. The van der Waals surface area contributed by atoms with Gasteiger partial charge in [0.1, 0.15) is 18.2 Å². The summed E-state index contributed by atoms with van der Waals surface area (Å²) in [5.74, 6) is 0.911. The van der Waals surface area contributed by atoms with Crippen LogP contribution in [0.25, 0.3) is 0 Å². The van der Waals surface area contributed by atoms with Crippen LogP contribution in [0, 0.1) is 0 Å². The summed E-state index contributed by atoms with van der Waals surface area (Å²) in [6.07, 6.45) is -3.24. The maximum atomic E-state index is 13.5. The van der Waals surface area contributed by atoms with E-state index in [0.717, 1.165) is 8.61 Å². The molecule has 12 nitrogen and oxygen atoms in total. The molecule has 0 spiro atoms. The molecule has 0 bridgehead atoms. The van der Waals surface area contributed by atoms with E-state index in [1.54, 1.807) is 0 Å². The molecule has 188 valence electrons. The van der Waals surface area contributed by atoms with Crippen molar-refractivity contribution in [2.24, 2.45) is 0 Å². The second-order valence-electron chi connectivity index (χ2n) is 7.56. The molecule has 0 unspecified atom stereocenters. The maximum absolute atomic E-state index is 13.5. The molecular formula is C21H23N3O9S2. The first-order valence-electron chi connectivity index (χ1n) is 10.3. The standard InChI is InChI=1S/C21H23N3O9S2/c1-31-14-3-7-16(8-4-14)34(27,28)23-12-19-18(11-20(23)33-21(25)26)22-13-24(19)35(29,30)17-9-5-15(32-2)6-10-17/h3-10,20,22H,11-13H2,1-2H3,(H,25,26)/t20-/m1/s1. The largest absolute Gasteiger partial charge is 0.507 e. The number of carboxylic acid groups (broad SMARTS) is 1. The minimum atomic E-state index is -4.27. The molecule has 2 aromatic carbocycles. The molecule has 0 saturated heterocycles. The van der Waals surface area contributed by atoms with Crippen molar-refractivity contribution in [1.29, 1.82) is 0 Å². The summed E-state index contributed by atoms with van der Waals surface area (Å²) in [4.78, 5) is 11.2. The Morgan fingerprint density at radius 2 is 1.43 bits per heavy atom. The summed E-state index contributed by atoms with van der Waals surface area (Å²) in [6.45, 7) is -0.570. The number of sulfonamides is 2. The number of hydrogen-bond donors (Lipinski definition) is 2. The molecule has 2 aliphatic rings.